The third-order valence-corrected chi connectivity index (χ3v) is 4.58. The number of amides is 2. The lowest BCUT2D eigenvalue weighted by molar-refractivity contribution is -0.123. The summed E-state index contributed by atoms with van der Waals surface area (Å²) in [7, 11) is 0. The number of nitrogens with zero attached hydrogens (tertiary/aromatic N) is 1. The van der Waals surface area contributed by atoms with Gasteiger partial charge in [0, 0.05) is 11.3 Å². The molecular formula is C11H17N3O2. The number of primary amides is 1. The first kappa shape index (κ1) is 11.1. The smallest absolute Gasteiger partial charge is 0.332 e. The topological polar surface area (TPSA) is 84.6 Å². The molecule has 0 aromatic heterocycles. The molecule has 2 amide bonds. The van der Waals surface area contributed by atoms with E-state index in [9.17, 15) is 9.59 Å². The minimum atomic E-state index is -0.731. The van der Waals surface area contributed by atoms with Gasteiger partial charge in [-0.2, -0.15) is 5.10 Å². The predicted octanol–water partition coefficient (Wildman–Crippen LogP) is 1.04. The Kier molecular flexibility index (Phi) is 2.12. The first-order valence-electron chi connectivity index (χ1n) is 5.48. The molecule has 2 atom stereocenters. The van der Waals surface area contributed by atoms with E-state index in [2.05, 4.69) is 24.4 Å². The van der Waals surface area contributed by atoms with Crippen LogP contribution in [0.4, 0.5) is 4.79 Å². The quantitative estimate of drug-likeness (QED) is 0.651. The van der Waals surface area contributed by atoms with Crippen LogP contribution in [0.3, 0.4) is 0 Å². The lowest BCUT2D eigenvalue weighted by atomic mass is 9.70. The fraction of sp³-hybridized carbons (Fsp3) is 0.727. The number of urea groups is 1. The predicted molar refractivity (Wildman–Crippen MR) is 59.8 cm³/mol. The van der Waals surface area contributed by atoms with Gasteiger partial charge in [-0.15, -0.1) is 0 Å². The van der Waals surface area contributed by atoms with Crippen LogP contribution in [0.15, 0.2) is 5.10 Å². The molecule has 0 aliphatic heterocycles. The summed E-state index contributed by atoms with van der Waals surface area (Å²) in [6.45, 7) is 6.17. The van der Waals surface area contributed by atoms with Crippen molar-refractivity contribution in [3.63, 3.8) is 0 Å². The highest BCUT2D eigenvalue weighted by Crippen LogP contribution is 2.62. The van der Waals surface area contributed by atoms with Gasteiger partial charge in [0.15, 0.2) is 5.78 Å². The summed E-state index contributed by atoms with van der Waals surface area (Å²) in [4.78, 5) is 22.8. The normalized spacial score (nSPS) is 38.1. The molecule has 5 heteroatoms. The van der Waals surface area contributed by atoms with E-state index in [1.165, 1.54) is 0 Å². The second-order valence-corrected chi connectivity index (χ2v) is 5.45. The second-order valence-electron chi connectivity index (χ2n) is 5.45. The van der Waals surface area contributed by atoms with Gasteiger partial charge in [-0.3, -0.25) is 4.79 Å². The Hall–Kier alpha value is -1.39. The number of carbonyl (C=O) groups excluding carboxylic acids is 2. The molecule has 0 aromatic rings. The average molecular weight is 223 g/mol. The molecule has 2 fully saturated rings. The van der Waals surface area contributed by atoms with Crippen molar-refractivity contribution in [2.24, 2.45) is 27.6 Å². The number of hydrogen-bond donors (Lipinski definition) is 2. The van der Waals surface area contributed by atoms with E-state index >= 15 is 0 Å². The van der Waals surface area contributed by atoms with Gasteiger partial charge in [-0.1, -0.05) is 20.8 Å². The Morgan fingerprint density at radius 1 is 1.50 bits per heavy atom. The van der Waals surface area contributed by atoms with Crippen LogP contribution in [-0.4, -0.2) is 17.5 Å². The van der Waals surface area contributed by atoms with Crippen molar-refractivity contribution in [1.82, 2.24) is 5.43 Å². The van der Waals surface area contributed by atoms with Gasteiger partial charge >= 0.3 is 6.03 Å². The van der Waals surface area contributed by atoms with E-state index in [1.54, 1.807) is 0 Å². The first-order chi connectivity index (χ1) is 7.30. The van der Waals surface area contributed by atoms with Crippen LogP contribution in [0.25, 0.3) is 0 Å². The third-order valence-electron chi connectivity index (χ3n) is 4.58. The molecule has 2 rings (SSSR count). The van der Waals surface area contributed by atoms with E-state index < -0.39 is 6.03 Å². The molecule has 16 heavy (non-hydrogen) atoms. The van der Waals surface area contributed by atoms with Crippen LogP contribution in [0.5, 0.6) is 0 Å². The van der Waals surface area contributed by atoms with Crippen molar-refractivity contribution in [3.05, 3.63) is 0 Å². The fourth-order valence-corrected chi connectivity index (χ4v) is 3.07. The van der Waals surface area contributed by atoms with Crippen LogP contribution in [0.1, 0.15) is 33.6 Å². The molecule has 2 bridgehead atoms. The van der Waals surface area contributed by atoms with E-state index in [0.29, 0.717) is 5.71 Å². The summed E-state index contributed by atoms with van der Waals surface area (Å²) in [6, 6.07) is -0.731. The van der Waals surface area contributed by atoms with Gasteiger partial charge in [0.2, 0.25) is 0 Å². The van der Waals surface area contributed by atoms with Crippen molar-refractivity contribution in [1.29, 1.82) is 0 Å². The highest BCUT2D eigenvalue weighted by molar-refractivity contribution is 6.45. The fourth-order valence-electron chi connectivity index (χ4n) is 3.07. The van der Waals surface area contributed by atoms with Crippen molar-refractivity contribution >= 4 is 17.5 Å². The summed E-state index contributed by atoms with van der Waals surface area (Å²) in [5.74, 6) is 0.194. The maximum Gasteiger partial charge on any atom is 0.332 e. The molecule has 88 valence electrons. The largest absolute Gasteiger partial charge is 0.350 e. The zero-order valence-electron chi connectivity index (χ0n) is 9.83. The van der Waals surface area contributed by atoms with Crippen LogP contribution >= 0.6 is 0 Å². The Bertz CT molecular complexity index is 400. The number of rotatable bonds is 1. The van der Waals surface area contributed by atoms with Crippen molar-refractivity contribution in [2.75, 3.05) is 0 Å². The van der Waals surface area contributed by atoms with Crippen molar-refractivity contribution in [2.45, 2.75) is 33.6 Å². The van der Waals surface area contributed by atoms with Crippen LogP contribution in [-0.2, 0) is 4.79 Å². The maximum absolute atomic E-state index is 12.2. The summed E-state index contributed by atoms with van der Waals surface area (Å²) in [5.41, 5.74) is 7.18. The zero-order valence-corrected chi connectivity index (χ0v) is 9.83. The Balaban J connectivity index is 2.37. The van der Waals surface area contributed by atoms with E-state index in [-0.39, 0.29) is 22.5 Å². The standard InChI is InChI=1S/C11H17N3O2/c1-10(2)6-4-5-11(10,3)8(15)7(6)13-14-9(12)16/h6H,4-5H2,1-3H3,(H3,12,14,16)/b13-7+/t6-,11+/m0/s1. The van der Waals surface area contributed by atoms with Crippen LogP contribution < -0.4 is 11.2 Å². The second kappa shape index (κ2) is 3.06. The molecule has 0 aromatic carbocycles. The molecule has 5 nitrogen and oxygen atoms in total. The van der Waals surface area contributed by atoms with Crippen molar-refractivity contribution < 1.29 is 9.59 Å². The maximum atomic E-state index is 12.2. The zero-order chi connectivity index (χ0) is 12.1. The first-order valence-corrected chi connectivity index (χ1v) is 5.48. The Morgan fingerprint density at radius 3 is 2.56 bits per heavy atom. The number of Topliss-reactive ketones (excluding diaryl/α,β-unsaturated/α-hetero) is 1. The monoisotopic (exact) mass is 223 g/mol. The molecule has 0 saturated heterocycles. The lowest BCUT2D eigenvalue weighted by Gasteiger charge is -2.31. The van der Waals surface area contributed by atoms with Crippen LogP contribution in [0.2, 0.25) is 0 Å². The summed E-state index contributed by atoms with van der Waals surface area (Å²) >= 11 is 0. The number of ketones is 1. The van der Waals surface area contributed by atoms with Crippen LogP contribution in [0, 0.1) is 16.7 Å². The molecular weight excluding hydrogens is 206 g/mol. The summed E-state index contributed by atoms with van der Waals surface area (Å²) in [5, 5.41) is 3.87. The summed E-state index contributed by atoms with van der Waals surface area (Å²) < 4.78 is 0. The molecule has 0 unspecified atom stereocenters. The Labute approximate surface area is 94.5 Å². The molecule has 0 heterocycles. The minimum Gasteiger partial charge on any atom is -0.350 e. The number of nitrogens with one attached hydrogen (secondary N) is 1. The summed E-state index contributed by atoms with van der Waals surface area (Å²) in [6.07, 6.45) is 1.85. The molecule has 2 aliphatic rings. The highest BCUT2D eigenvalue weighted by atomic mass is 16.2. The highest BCUT2D eigenvalue weighted by Gasteiger charge is 2.65. The van der Waals surface area contributed by atoms with Crippen molar-refractivity contribution in [3.8, 4) is 0 Å². The Morgan fingerprint density at radius 2 is 2.12 bits per heavy atom. The van der Waals surface area contributed by atoms with Gasteiger partial charge in [0.25, 0.3) is 0 Å². The van der Waals surface area contributed by atoms with Gasteiger partial charge in [0.05, 0.1) is 0 Å². The molecule has 2 saturated carbocycles. The molecule has 0 spiro atoms. The molecule has 0 radical (unpaired) electrons. The minimum absolute atomic E-state index is 0.0579. The van der Waals surface area contributed by atoms with Gasteiger partial charge in [-0.05, 0) is 18.3 Å². The number of fused-ring (bicyclic) bond motifs is 2. The number of hydrazone groups is 1. The van der Waals surface area contributed by atoms with Gasteiger partial charge in [0.1, 0.15) is 5.71 Å². The SMILES string of the molecule is CC1(C)[C@H]2CC[C@]1(C)C(=O)/C2=N/NC(N)=O. The number of hydrogen-bond acceptors (Lipinski definition) is 3. The van der Waals surface area contributed by atoms with E-state index in [4.69, 9.17) is 5.73 Å². The molecule has 3 N–H and O–H groups in total. The lowest BCUT2D eigenvalue weighted by Crippen LogP contribution is -2.34. The van der Waals surface area contributed by atoms with E-state index in [1.807, 2.05) is 6.92 Å². The van der Waals surface area contributed by atoms with E-state index in [0.717, 1.165) is 12.8 Å². The number of carbonyl (C=O) groups is 2. The van der Waals surface area contributed by atoms with Gasteiger partial charge in [-0.25, -0.2) is 10.2 Å². The molecule has 2 aliphatic carbocycles. The third kappa shape index (κ3) is 1.14. The van der Waals surface area contributed by atoms with Gasteiger partial charge < -0.3 is 5.73 Å². The number of nitrogens with two attached hydrogens (primary N) is 1. The average Bonchev–Trinajstić information content (AvgIpc) is 2.47.